The van der Waals surface area contributed by atoms with Crippen LogP contribution in [0.5, 0.6) is 5.75 Å². The van der Waals surface area contributed by atoms with Crippen LogP contribution in [0.15, 0.2) is 47.4 Å². The standard InChI is InChI=1S/C19H23NO3S/c1-20-10-9-15-11-19(24(3,21)22)18(23-2)12-16(15)17(13-20)14-7-5-4-6-8-14/h4-8,11-12,17H,9-10,13H2,1-3H3. The molecule has 1 aliphatic heterocycles. The number of rotatable bonds is 3. The van der Waals surface area contributed by atoms with Crippen LogP contribution in [-0.2, 0) is 16.3 Å². The number of likely N-dealkylation sites (N-methyl/N-ethyl adjacent to an activating group) is 1. The maximum Gasteiger partial charge on any atom is 0.179 e. The van der Waals surface area contributed by atoms with Crippen molar-refractivity contribution in [3.8, 4) is 5.75 Å². The van der Waals surface area contributed by atoms with E-state index in [1.165, 1.54) is 18.9 Å². The van der Waals surface area contributed by atoms with E-state index in [1.54, 1.807) is 6.07 Å². The Bertz CT molecular complexity index is 831. The lowest BCUT2D eigenvalue weighted by molar-refractivity contribution is 0.338. The zero-order valence-corrected chi connectivity index (χ0v) is 15.1. The second-order valence-electron chi connectivity index (χ2n) is 6.45. The third-order valence-corrected chi connectivity index (χ3v) is 5.78. The summed E-state index contributed by atoms with van der Waals surface area (Å²) in [5, 5.41) is 0. The quantitative estimate of drug-likeness (QED) is 0.858. The highest BCUT2D eigenvalue weighted by Gasteiger charge is 2.26. The van der Waals surface area contributed by atoms with Crippen molar-refractivity contribution in [3.05, 3.63) is 59.2 Å². The molecule has 0 N–H and O–H groups in total. The molecule has 128 valence electrons. The second kappa shape index (κ2) is 6.57. The molecule has 2 aromatic rings. The zero-order valence-electron chi connectivity index (χ0n) is 14.3. The zero-order chi connectivity index (χ0) is 17.3. The molecule has 2 aromatic carbocycles. The molecule has 1 aliphatic rings. The van der Waals surface area contributed by atoms with Crippen molar-refractivity contribution in [2.24, 2.45) is 0 Å². The van der Waals surface area contributed by atoms with E-state index >= 15 is 0 Å². The third kappa shape index (κ3) is 3.32. The Morgan fingerprint density at radius 3 is 2.50 bits per heavy atom. The number of sulfone groups is 1. The summed E-state index contributed by atoms with van der Waals surface area (Å²) < 4.78 is 29.6. The third-order valence-electron chi connectivity index (χ3n) is 4.66. The molecule has 1 unspecified atom stereocenters. The van der Waals surface area contributed by atoms with Gasteiger partial charge < -0.3 is 9.64 Å². The molecule has 3 rings (SSSR count). The predicted molar refractivity (Wildman–Crippen MR) is 95.6 cm³/mol. The fraction of sp³-hybridized carbons (Fsp3) is 0.368. The van der Waals surface area contributed by atoms with Gasteiger partial charge in [-0.25, -0.2) is 8.42 Å². The van der Waals surface area contributed by atoms with Gasteiger partial charge in [-0.1, -0.05) is 30.3 Å². The Morgan fingerprint density at radius 1 is 1.17 bits per heavy atom. The lowest BCUT2D eigenvalue weighted by Gasteiger charge is -2.23. The second-order valence-corrected chi connectivity index (χ2v) is 8.43. The highest BCUT2D eigenvalue weighted by Crippen LogP contribution is 2.36. The molecule has 0 saturated carbocycles. The van der Waals surface area contributed by atoms with E-state index in [0.29, 0.717) is 5.75 Å². The minimum Gasteiger partial charge on any atom is -0.495 e. The smallest absolute Gasteiger partial charge is 0.179 e. The largest absolute Gasteiger partial charge is 0.495 e. The molecule has 0 aromatic heterocycles. The van der Waals surface area contributed by atoms with Crippen LogP contribution < -0.4 is 4.74 Å². The van der Waals surface area contributed by atoms with Crippen LogP contribution in [0.25, 0.3) is 0 Å². The molecule has 0 amide bonds. The topological polar surface area (TPSA) is 46.6 Å². The van der Waals surface area contributed by atoms with Crippen molar-refractivity contribution in [3.63, 3.8) is 0 Å². The first-order valence-electron chi connectivity index (χ1n) is 8.04. The summed E-state index contributed by atoms with van der Waals surface area (Å²) in [6, 6.07) is 14.1. The number of nitrogens with zero attached hydrogens (tertiary/aromatic N) is 1. The van der Waals surface area contributed by atoms with Gasteiger partial charge in [0.25, 0.3) is 0 Å². The van der Waals surface area contributed by atoms with Gasteiger partial charge in [-0.2, -0.15) is 0 Å². The van der Waals surface area contributed by atoms with Crippen molar-refractivity contribution in [1.82, 2.24) is 4.90 Å². The van der Waals surface area contributed by atoms with Crippen molar-refractivity contribution in [1.29, 1.82) is 0 Å². The molecule has 0 aliphatic carbocycles. The predicted octanol–water partition coefficient (Wildman–Crippen LogP) is 2.72. The maximum absolute atomic E-state index is 12.1. The molecule has 1 heterocycles. The van der Waals surface area contributed by atoms with Gasteiger partial charge in [0.2, 0.25) is 0 Å². The van der Waals surface area contributed by atoms with Crippen molar-refractivity contribution in [2.75, 3.05) is 33.5 Å². The SMILES string of the molecule is COc1cc2c(cc1S(C)(=O)=O)CCN(C)CC2c1ccccc1. The number of fused-ring (bicyclic) bond motifs is 1. The van der Waals surface area contributed by atoms with Crippen LogP contribution in [0.2, 0.25) is 0 Å². The van der Waals surface area contributed by atoms with Crippen molar-refractivity contribution >= 4 is 9.84 Å². The lowest BCUT2D eigenvalue weighted by Crippen LogP contribution is -2.24. The first-order chi connectivity index (χ1) is 11.4. The molecule has 5 heteroatoms. The average Bonchev–Trinajstić information content (AvgIpc) is 2.72. The summed E-state index contributed by atoms with van der Waals surface area (Å²) in [6.45, 7) is 1.81. The molecular formula is C19H23NO3S. The van der Waals surface area contributed by atoms with Crippen LogP contribution in [-0.4, -0.2) is 46.8 Å². The number of methoxy groups -OCH3 is 1. The highest BCUT2D eigenvalue weighted by atomic mass is 32.2. The Balaban J connectivity index is 2.20. The van der Waals surface area contributed by atoms with Gasteiger partial charge in [0.15, 0.2) is 9.84 Å². The molecule has 0 bridgehead atoms. The Labute approximate surface area is 144 Å². The molecule has 0 fully saturated rings. The van der Waals surface area contributed by atoms with E-state index in [-0.39, 0.29) is 10.8 Å². The molecular weight excluding hydrogens is 322 g/mol. The first-order valence-corrected chi connectivity index (χ1v) is 9.93. The van der Waals surface area contributed by atoms with Gasteiger partial charge in [0, 0.05) is 25.3 Å². The number of hydrogen-bond acceptors (Lipinski definition) is 4. The van der Waals surface area contributed by atoms with E-state index in [9.17, 15) is 8.42 Å². The normalized spacial score (nSPS) is 18.7. The highest BCUT2D eigenvalue weighted by molar-refractivity contribution is 7.90. The lowest BCUT2D eigenvalue weighted by atomic mass is 9.88. The van der Waals surface area contributed by atoms with E-state index in [1.807, 2.05) is 24.3 Å². The molecule has 0 spiro atoms. The van der Waals surface area contributed by atoms with E-state index in [0.717, 1.165) is 30.6 Å². The van der Waals surface area contributed by atoms with E-state index in [4.69, 9.17) is 4.74 Å². The van der Waals surface area contributed by atoms with Gasteiger partial charge in [0.1, 0.15) is 10.6 Å². The molecule has 24 heavy (non-hydrogen) atoms. The molecule has 4 nitrogen and oxygen atoms in total. The van der Waals surface area contributed by atoms with Gasteiger partial charge in [-0.3, -0.25) is 0 Å². The summed E-state index contributed by atoms with van der Waals surface area (Å²) in [5.74, 6) is 0.637. The summed E-state index contributed by atoms with van der Waals surface area (Å²) in [4.78, 5) is 2.57. The van der Waals surface area contributed by atoms with Gasteiger partial charge in [0.05, 0.1) is 7.11 Å². The van der Waals surface area contributed by atoms with E-state index in [2.05, 4.69) is 24.1 Å². The monoisotopic (exact) mass is 345 g/mol. The van der Waals surface area contributed by atoms with Crippen LogP contribution >= 0.6 is 0 Å². The summed E-state index contributed by atoms with van der Waals surface area (Å²) >= 11 is 0. The molecule has 0 saturated heterocycles. The van der Waals surface area contributed by atoms with Crippen LogP contribution in [0.3, 0.4) is 0 Å². The molecule has 0 radical (unpaired) electrons. The maximum atomic E-state index is 12.1. The Hall–Kier alpha value is -1.85. The number of ether oxygens (including phenoxy) is 1. The Kier molecular flexibility index (Phi) is 4.65. The average molecular weight is 345 g/mol. The number of hydrogen-bond donors (Lipinski definition) is 0. The van der Waals surface area contributed by atoms with E-state index < -0.39 is 9.84 Å². The van der Waals surface area contributed by atoms with Crippen molar-refractivity contribution < 1.29 is 13.2 Å². The Morgan fingerprint density at radius 2 is 1.88 bits per heavy atom. The number of benzene rings is 2. The minimum atomic E-state index is -3.33. The van der Waals surface area contributed by atoms with Crippen molar-refractivity contribution in [2.45, 2.75) is 17.2 Å². The summed E-state index contributed by atoms with van der Waals surface area (Å²) in [6.07, 6.45) is 2.07. The first kappa shape index (κ1) is 17.0. The van der Waals surface area contributed by atoms with Crippen LogP contribution in [0, 0.1) is 0 Å². The van der Waals surface area contributed by atoms with Gasteiger partial charge in [-0.15, -0.1) is 0 Å². The summed E-state index contributed by atoms with van der Waals surface area (Å²) in [5.41, 5.74) is 3.49. The fourth-order valence-electron chi connectivity index (χ4n) is 3.39. The van der Waals surface area contributed by atoms with Crippen LogP contribution in [0.1, 0.15) is 22.6 Å². The van der Waals surface area contributed by atoms with Gasteiger partial charge in [-0.05, 0) is 42.3 Å². The fourth-order valence-corrected chi connectivity index (χ4v) is 4.25. The summed E-state index contributed by atoms with van der Waals surface area (Å²) in [7, 11) is 0.307. The van der Waals surface area contributed by atoms with Gasteiger partial charge >= 0.3 is 0 Å². The van der Waals surface area contributed by atoms with Crippen LogP contribution in [0.4, 0.5) is 0 Å². The molecule has 1 atom stereocenters. The minimum absolute atomic E-state index is 0.205.